The predicted molar refractivity (Wildman–Crippen MR) is 123 cm³/mol. The number of rotatable bonds is 5. The molecule has 1 aromatic heterocycles. The number of benzene rings is 3. The van der Waals surface area contributed by atoms with E-state index in [1.807, 2.05) is 32.0 Å². The van der Waals surface area contributed by atoms with Crippen LogP contribution in [0.15, 0.2) is 76.1 Å². The van der Waals surface area contributed by atoms with Crippen LogP contribution in [0.25, 0.3) is 22.1 Å². The fourth-order valence-corrected chi connectivity index (χ4v) is 3.37. The van der Waals surface area contributed by atoms with Gasteiger partial charge in [-0.1, -0.05) is 35.9 Å². The van der Waals surface area contributed by atoms with E-state index in [-0.39, 0.29) is 17.9 Å². The summed E-state index contributed by atoms with van der Waals surface area (Å²) in [5.74, 6) is 0.166. The summed E-state index contributed by atoms with van der Waals surface area (Å²) in [5, 5.41) is 3.88. The standard InChI is InChI=1S/C25H20ClNO4/c1-15-4-3-5-22(16(15)2)27-24(28)14-30-19-10-11-20-23(12-19)31-13-21(25(20)29)17-6-8-18(26)9-7-17/h3-13H,14H2,1-2H3,(H,27,28). The molecule has 0 bridgehead atoms. The first-order valence-corrected chi connectivity index (χ1v) is 10.1. The molecule has 0 aliphatic heterocycles. The van der Waals surface area contributed by atoms with Gasteiger partial charge in [0.2, 0.25) is 0 Å². The lowest BCUT2D eigenvalue weighted by molar-refractivity contribution is -0.118. The smallest absolute Gasteiger partial charge is 0.262 e. The Morgan fingerprint density at radius 1 is 1.06 bits per heavy atom. The van der Waals surface area contributed by atoms with Crippen molar-refractivity contribution in [3.63, 3.8) is 0 Å². The summed E-state index contributed by atoms with van der Waals surface area (Å²) in [6, 6.07) is 17.6. The first kappa shape index (κ1) is 20.7. The molecule has 0 aliphatic carbocycles. The van der Waals surface area contributed by atoms with E-state index >= 15 is 0 Å². The Kier molecular flexibility index (Phi) is 5.78. The highest BCUT2D eigenvalue weighted by Gasteiger charge is 2.11. The molecular weight excluding hydrogens is 414 g/mol. The summed E-state index contributed by atoms with van der Waals surface area (Å²) in [6.07, 6.45) is 1.42. The average molecular weight is 434 g/mol. The normalized spacial score (nSPS) is 10.8. The van der Waals surface area contributed by atoms with E-state index in [1.54, 1.807) is 42.5 Å². The van der Waals surface area contributed by atoms with Crippen molar-refractivity contribution in [2.24, 2.45) is 0 Å². The van der Waals surface area contributed by atoms with Crippen LogP contribution in [0, 0.1) is 13.8 Å². The van der Waals surface area contributed by atoms with Gasteiger partial charge in [0.15, 0.2) is 12.0 Å². The third-order valence-corrected chi connectivity index (χ3v) is 5.40. The van der Waals surface area contributed by atoms with E-state index in [4.69, 9.17) is 20.8 Å². The Morgan fingerprint density at radius 3 is 2.61 bits per heavy atom. The number of hydrogen-bond acceptors (Lipinski definition) is 4. The molecule has 0 atom stereocenters. The highest BCUT2D eigenvalue weighted by atomic mass is 35.5. The number of halogens is 1. The number of amides is 1. The van der Waals surface area contributed by atoms with Crippen molar-refractivity contribution in [2.75, 3.05) is 11.9 Å². The van der Waals surface area contributed by atoms with Crippen LogP contribution in [0.3, 0.4) is 0 Å². The second-order valence-corrected chi connectivity index (χ2v) is 7.66. The van der Waals surface area contributed by atoms with Crippen LogP contribution in [0.5, 0.6) is 5.75 Å². The molecule has 1 N–H and O–H groups in total. The Morgan fingerprint density at radius 2 is 1.84 bits per heavy atom. The molecule has 1 amide bonds. The van der Waals surface area contributed by atoms with Gasteiger partial charge < -0.3 is 14.5 Å². The largest absolute Gasteiger partial charge is 0.484 e. The lowest BCUT2D eigenvalue weighted by Crippen LogP contribution is -2.20. The topological polar surface area (TPSA) is 68.5 Å². The lowest BCUT2D eigenvalue weighted by Gasteiger charge is -2.11. The van der Waals surface area contributed by atoms with E-state index in [2.05, 4.69) is 5.32 Å². The molecule has 31 heavy (non-hydrogen) atoms. The van der Waals surface area contributed by atoms with Crippen LogP contribution in [-0.2, 0) is 4.79 Å². The number of anilines is 1. The molecule has 0 unspecified atom stereocenters. The first-order chi connectivity index (χ1) is 14.9. The quantitative estimate of drug-likeness (QED) is 0.435. The molecule has 0 aliphatic rings. The number of nitrogens with one attached hydrogen (secondary N) is 1. The highest BCUT2D eigenvalue weighted by Crippen LogP contribution is 2.24. The van der Waals surface area contributed by atoms with E-state index in [0.717, 1.165) is 22.4 Å². The van der Waals surface area contributed by atoms with Gasteiger partial charge in [-0.05, 0) is 60.9 Å². The van der Waals surface area contributed by atoms with E-state index in [1.165, 1.54) is 6.26 Å². The number of hydrogen-bond donors (Lipinski definition) is 1. The average Bonchev–Trinajstić information content (AvgIpc) is 2.76. The van der Waals surface area contributed by atoms with Crippen molar-refractivity contribution in [2.45, 2.75) is 13.8 Å². The maximum Gasteiger partial charge on any atom is 0.262 e. The van der Waals surface area contributed by atoms with Crippen molar-refractivity contribution in [1.82, 2.24) is 0 Å². The molecule has 4 rings (SSSR count). The summed E-state index contributed by atoms with van der Waals surface area (Å²) in [7, 11) is 0. The van der Waals surface area contributed by atoms with Crippen molar-refractivity contribution in [1.29, 1.82) is 0 Å². The van der Waals surface area contributed by atoms with Gasteiger partial charge in [0, 0.05) is 16.8 Å². The van der Waals surface area contributed by atoms with Gasteiger partial charge in [-0.3, -0.25) is 9.59 Å². The summed E-state index contributed by atoms with van der Waals surface area (Å²) in [5.41, 5.74) is 4.28. The monoisotopic (exact) mass is 433 g/mol. The SMILES string of the molecule is Cc1cccc(NC(=O)COc2ccc3c(=O)c(-c4ccc(Cl)cc4)coc3c2)c1C. The maximum atomic E-state index is 12.9. The van der Waals surface area contributed by atoms with Crippen LogP contribution in [0.4, 0.5) is 5.69 Å². The molecular formula is C25H20ClNO4. The fraction of sp³-hybridized carbons (Fsp3) is 0.120. The minimum atomic E-state index is -0.270. The Bertz CT molecular complexity index is 1330. The lowest BCUT2D eigenvalue weighted by atomic mass is 10.1. The third kappa shape index (κ3) is 4.47. The molecule has 156 valence electrons. The molecule has 5 nitrogen and oxygen atoms in total. The summed E-state index contributed by atoms with van der Waals surface area (Å²) in [4.78, 5) is 25.1. The molecule has 0 saturated heterocycles. The number of ether oxygens (including phenoxy) is 1. The minimum absolute atomic E-state index is 0.150. The van der Waals surface area contributed by atoms with Gasteiger partial charge in [-0.2, -0.15) is 0 Å². The van der Waals surface area contributed by atoms with Crippen molar-refractivity contribution in [3.8, 4) is 16.9 Å². The molecule has 0 radical (unpaired) electrons. The number of aryl methyl sites for hydroxylation is 1. The Balaban J connectivity index is 1.50. The molecule has 0 spiro atoms. The fourth-order valence-electron chi connectivity index (χ4n) is 3.25. The van der Waals surface area contributed by atoms with Gasteiger partial charge in [0.05, 0.1) is 10.9 Å². The minimum Gasteiger partial charge on any atom is -0.484 e. The molecule has 1 heterocycles. The zero-order chi connectivity index (χ0) is 22.0. The second-order valence-electron chi connectivity index (χ2n) is 7.23. The Labute approximate surface area is 184 Å². The summed E-state index contributed by atoms with van der Waals surface area (Å²) >= 11 is 5.92. The van der Waals surface area contributed by atoms with Crippen LogP contribution in [-0.4, -0.2) is 12.5 Å². The molecule has 6 heteroatoms. The van der Waals surface area contributed by atoms with Crippen LogP contribution >= 0.6 is 11.6 Å². The van der Waals surface area contributed by atoms with Gasteiger partial charge in [-0.15, -0.1) is 0 Å². The van der Waals surface area contributed by atoms with Crippen molar-refractivity contribution < 1.29 is 13.9 Å². The number of carbonyl (C=O) groups excluding carboxylic acids is 1. The maximum absolute atomic E-state index is 12.9. The van der Waals surface area contributed by atoms with Crippen LogP contribution in [0.2, 0.25) is 5.02 Å². The van der Waals surface area contributed by atoms with E-state index in [0.29, 0.717) is 27.3 Å². The Hall–Kier alpha value is -3.57. The van der Waals surface area contributed by atoms with Gasteiger partial charge in [-0.25, -0.2) is 0 Å². The second kappa shape index (κ2) is 8.66. The zero-order valence-electron chi connectivity index (χ0n) is 17.1. The number of fused-ring (bicyclic) bond motifs is 1. The van der Waals surface area contributed by atoms with E-state index in [9.17, 15) is 9.59 Å². The third-order valence-electron chi connectivity index (χ3n) is 5.15. The summed E-state index contributed by atoms with van der Waals surface area (Å²) < 4.78 is 11.3. The van der Waals surface area contributed by atoms with Crippen molar-refractivity contribution >= 4 is 34.2 Å². The zero-order valence-corrected chi connectivity index (χ0v) is 17.8. The molecule has 3 aromatic carbocycles. The highest BCUT2D eigenvalue weighted by molar-refractivity contribution is 6.30. The summed E-state index contributed by atoms with van der Waals surface area (Å²) in [6.45, 7) is 3.78. The molecule has 4 aromatic rings. The molecule has 0 saturated carbocycles. The predicted octanol–water partition coefficient (Wildman–Crippen LogP) is 5.75. The van der Waals surface area contributed by atoms with Gasteiger partial charge >= 0.3 is 0 Å². The van der Waals surface area contributed by atoms with Crippen LogP contribution in [0.1, 0.15) is 11.1 Å². The van der Waals surface area contributed by atoms with Crippen molar-refractivity contribution in [3.05, 3.63) is 93.3 Å². The molecule has 0 fully saturated rings. The number of carbonyl (C=O) groups is 1. The van der Waals surface area contributed by atoms with Crippen LogP contribution < -0.4 is 15.5 Å². The first-order valence-electron chi connectivity index (χ1n) is 9.73. The van der Waals surface area contributed by atoms with Gasteiger partial charge in [0.25, 0.3) is 5.91 Å². The van der Waals surface area contributed by atoms with Gasteiger partial charge in [0.1, 0.15) is 17.6 Å². The van der Waals surface area contributed by atoms with E-state index < -0.39 is 0 Å².